The lowest BCUT2D eigenvalue weighted by Gasteiger charge is -2.07. The van der Waals surface area contributed by atoms with Crippen LogP contribution < -0.4 is 4.74 Å². The lowest BCUT2D eigenvalue weighted by atomic mass is 10.3. The molecule has 0 atom stereocenters. The first-order valence-corrected chi connectivity index (χ1v) is 4.69. The monoisotopic (exact) mass is 262 g/mol. The number of rotatable bonds is 4. The van der Waals surface area contributed by atoms with Crippen LogP contribution in [0.5, 0.6) is 5.75 Å². The number of para-hydroxylation sites is 1. The average molecular weight is 263 g/mol. The van der Waals surface area contributed by atoms with Crippen LogP contribution in [0, 0.1) is 5.82 Å². The molecule has 1 aromatic rings. The van der Waals surface area contributed by atoms with Gasteiger partial charge in [0, 0.05) is 0 Å². The van der Waals surface area contributed by atoms with Gasteiger partial charge in [0.25, 0.3) is 0 Å². The van der Waals surface area contributed by atoms with Crippen LogP contribution in [-0.4, -0.2) is 17.7 Å². The molecule has 1 N–H and O–H groups in total. The van der Waals surface area contributed by atoms with E-state index in [-0.39, 0.29) is 18.8 Å². The molecule has 1 aromatic carbocycles. The van der Waals surface area contributed by atoms with Crippen molar-refractivity contribution in [2.75, 3.05) is 6.61 Å². The minimum absolute atomic E-state index is 0.0468. The maximum atomic E-state index is 13.1. The Kier molecular flexibility index (Phi) is 3.88. The van der Waals surface area contributed by atoms with Crippen LogP contribution in [0.4, 0.5) is 4.39 Å². The number of halogens is 2. The van der Waals surface area contributed by atoms with Gasteiger partial charge in [-0.05, 0) is 28.1 Å². The van der Waals surface area contributed by atoms with E-state index in [2.05, 4.69) is 15.9 Å². The zero-order valence-electron chi connectivity index (χ0n) is 7.17. The summed E-state index contributed by atoms with van der Waals surface area (Å²) in [6.45, 7) is -0.0468. The highest BCUT2D eigenvalue weighted by atomic mass is 79.9. The van der Waals surface area contributed by atoms with E-state index in [1.807, 2.05) is 0 Å². The van der Waals surface area contributed by atoms with Crippen LogP contribution >= 0.6 is 15.9 Å². The summed E-state index contributed by atoms with van der Waals surface area (Å²) < 4.78 is 18.5. The summed E-state index contributed by atoms with van der Waals surface area (Å²) in [5.41, 5.74) is 0. The maximum absolute atomic E-state index is 13.1. The van der Waals surface area contributed by atoms with Gasteiger partial charge in [0.15, 0.2) is 11.6 Å². The highest BCUT2D eigenvalue weighted by Crippen LogP contribution is 2.27. The first-order valence-electron chi connectivity index (χ1n) is 3.90. The fourth-order valence-electron chi connectivity index (χ4n) is 0.861. The van der Waals surface area contributed by atoms with Crippen molar-refractivity contribution in [3.8, 4) is 5.75 Å². The van der Waals surface area contributed by atoms with Crippen LogP contribution in [0.2, 0.25) is 0 Å². The summed E-state index contributed by atoms with van der Waals surface area (Å²) in [5, 5.41) is 8.34. The van der Waals surface area contributed by atoms with Gasteiger partial charge in [0.1, 0.15) is 0 Å². The van der Waals surface area contributed by atoms with Crippen LogP contribution in [0.25, 0.3) is 0 Å². The second-order valence-corrected chi connectivity index (χ2v) is 3.40. The lowest BCUT2D eigenvalue weighted by molar-refractivity contribution is -0.137. The molecule has 0 saturated carbocycles. The highest BCUT2D eigenvalue weighted by Gasteiger charge is 2.07. The standard InChI is InChI=1S/C9H8BrFO3/c10-6-2-1-3-7(11)9(6)14-5-4-8(12)13/h1-3H,4-5H2,(H,12,13). The van der Waals surface area contributed by atoms with Gasteiger partial charge >= 0.3 is 5.97 Å². The number of aliphatic carboxylic acids is 1. The predicted molar refractivity (Wildman–Crippen MR) is 51.8 cm³/mol. The summed E-state index contributed by atoms with van der Waals surface area (Å²) in [6, 6.07) is 4.41. The quantitative estimate of drug-likeness (QED) is 0.907. The second kappa shape index (κ2) is 4.95. The minimum atomic E-state index is -0.975. The van der Waals surface area contributed by atoms with E-state index in [0.29, 0.717) is 4.47 Å². The molecule has 0 spiro atoms. The molecule has 14 heavy (non-hydrogen) atoms. The molecule has 0 aliphatic heterocycles. The lowest BCUT2D eigenvalue weighted by Crippen LogP contribution is -2.06. The average Bonchev–Trinajstić information content (AvgIpc) is 2.09. The van der Waals surface area contributed by atoms with Gasteiger partial charge in [0.05, 0.1) is 17.5 Å². The fourth-order valence-corrected chi connectivity index (χ4v) is 1.32. The number of carboxylic acids is 1. The topological polar surface area (TPSA) is 46.5 Å². The summed E-state index contributed by atoms with van der Waals surface area (Å²) >= 11 is 3.10. The van der Waals surface area contributed by atoms with Gasteiger partial charge in [-0.25, -0.2) is 4.39 Å². The SMILES string of the molecule is O=C(O)CCOc1c(F)cccc1Br. The molecule has 0 aromatic heterocycles. The Bertz CT molecular complexity index is 321. The first kappa shape index (κ1) is 11.0. The normalized spacial score (nSPS) is 9.86. The van der Waals surface area contributed by atoms with Crippen molar-refractivity contribution < 1.29 is 19.0 Å². The molecule has 76 valence electrons. The molecule has 0 radical (unpaired) electrons. The molecule has 0 heterocycles. The zero-order chi connectivity index (χ0) is 10.6. The molecule has 0 aliphatic carbocycles. The highest BCUT2D eigenvalue weighted by molar-refractivity contribution is 9.10. The smallest absolute Gasteiger partial charge is 0.306 e. The summed E-state index contributed by atoms with van der Waals surface area (Å²) in [7, 11) is 0. The molecule has 0 aliphatic rings. The number of hydrogen-bond acceptors (Lipinski definition) is 2. The number of ether oxygens (including phenoxy) is 1. The largest absolute Gasteiger partial charge is 0.489 e. The van der Waals surface area contributed by atoms with Crippen molar-refractivity contribution in [3.05, 3.63) is 28.5 Å². The van der Waals surface area contributed by atoms with Crippen molar-refractivity contribution in [1.82, 2.24) is 0 Å². The van der Waals surface area contributed by atoms with Gasteiger partial charge in [-0.15, -0.1) is 0 Å². The van der Waals surface area contributed by atoms with Crippen molar-refractivity contribution in [2.45, 2.75) is 6.42 Å². The molecule has 0 bridgehead atoms. The number of hydrogen-bond donors (Lipinski definition) is 1. The van der Waals surface area contributed by atoms with Crippen LogP contribution in [-0.2, 0) is 4.79 Å². The van der Waals surface area contributed by atoms with Crippen molar-refractivity contribution >= 4 is 21.9 Å². The number of benzene rings is 1. The minimum Gasteiger partial charge on any atom is -0.489 e. The van der Waals surface area contributed by atoms with E-state index in [1.165, 1.54) is 12.1 Å². The van der Waals surface area contributed by atoms with Crippen LogP contribution in [0.1, 0.15) is 6.42 Å². The van der Waals surface area contributed by atoms with Crippen molar-refractivity contribution in [3.63, 3.8) is 0 Å². The summed E-state index contributed by atoms with van der Waals surface area (Å²) in [5.74, 6) is -1.43. The van der Waals surface area contributed by atoms with Crippen molar-refractivity contribution in [1.29, 1.82) is 0 Å². The van der Waals surface area contributed by atoms with E-state index in [4.69, 9.17) is 9.84 Å². The fraction of sp³-hybridized carbons (Fsp3) is 0.222. The molecule has 0 amide bonds. The third kappa shape index (κ3) is 2.99. The molecule has 0 unspecified atom stereocenters. The van der Waals surface area contributed by atoms with Crippen LogP contribution in [0.3, 0.4) is 0 Å². The van der Waals surface area contributed by atoms with E-state index in [0.717, 1.165) is 0 Å². The molecule has 0 saturated heterocycles. The molecule has 1 rings (SSSR count). The summed E-state index contributed by atoms with van der Waals surface area (Å²) in [4.78, 5) is 10.2. The van der Waals surface area contributed by atoms with E-state index in [1.54, 1.807) is 6.07 Å². The molecule has 0 fully saturated rings. The Morgan fingerprint density at radius 2 is 2.29 bits per heavy atom. The van der Waals surface area contributed by atoms with E-state index in [9.17, 15) is 9.18 Å². The maximum Gasteiger partial charge on any atom is 0.306 e. The Morgan fingerprint density at radius 3 is 2.86 bits per heavy atom. The Labute approximate surface area is 88.6 Å². The number of carbonyl (C=O) groups is 1. The van der Waals surface area contributed by atoms with Gasteiger partial charge in [-0.1, -0.05) is 6.07 Å². The zero-order valence-corrected chi connectivity index (χ0v) is 8.75. The second-order valence-electron chi connectivity index (χ2n) is 2.54. The van der Waals surface area contributed by atoms with E-state index >= 15 is 0 Å². The van der Waals surface area contributed by atoms with Gasteiger partial charge in [0.2, 0.25) is 0 Å². The third-order valence-electron chi connectivity index (χ3n) is 1.48. The third-order valence-corrected chi connectivity index (χ3v) is 2.11. The number of carboxylic acid groups (broad SMARTS) is 1. The predicted octanol–water partition coefficient (Wildman–Crippen LogP) is 2.44. The summed E-state index contributed by atoms with van der Waals surface area (Å²) in [6.07, 6.45) is -0.152. The Morgan fingerprint density at radius 1 is 1.57 bits per heavy atom. The van der Waals surface area contributed by atoms with Crippen LogP contribution in [0.15, 0.2) is 22.7 Å². The van der Waals surface area contributed by atoms with Gasteiger partial charge < -0.3 is 9.84 Å². The Balaban J connectivity index is 2.62. The van der Waals surface area contributed by atoms with E-state index < -0.39 is 11.8 Å². The van der Waals surface area contributed by atoms with Crippen molar-refractivity contribution in [2.24, 2.45) is 0 Å². The molecular formula is C9H8BrFO3. The van der Waals surface area contributed by atoms with Gasteiger partial charge in [-0.3, -0.25) is 4.79 Å². The molecule has 3 nitrogen and oxygen atoms in total. The Hall–Kier alpha value is -1.10. The molecular weight excluding hydrogens is 255 g/mol. The molecule has 5 heteroatoms. The van der Waals surface area contributed by atoms with Gasteiger partial charge in [-0.2, -0.15) is 0 Å². The first-order chi connectivity index (χ1) is 6.61.